The lowest BCUT2D eigenvalue weighted by Gasteiger charge is -2.14. The minimum absolute atomic E-state index is 0.0355. The highest BCUT2D eigenvalue weighted by Gasteiger charge is 2.28. The Hall–Kier alpha value is -3.96. The van der Waals surface area contributed by atoms with E-state index < -0.39 is 12.2 Å². The number of fused-ring (bicyclic) bond motifs is 3. The number of hydrogen-bond acceptors (Lipinski definition) is 8. The Bertz CT molecular complexity index is 1210. The Morgan fingerprint density at radius 3 is 1.51 bits per heavy atom. The molecule has 4 rings (SSSR count). The van der Waals surface area contributed by atoms with Gasteiger partial charge in [0.15, 0.2) is 0 Å². The predicted molar refractivity (Wildman–Crippen MR) is 161 cm³/mol. The number of rotatable bonds is 19. The van der Waals surface area contributed by atoms with Gasteiger partial charge in [0.1, 0.15) is 13.2 Å². The number of carbonyl (C=O) groups excluding carboxylic acids is 2. The molecular formula is C33H40N2O8. The van der Waals surface area contributed by atoms with Crippen LogP contribution in [0.3, 0.4) is 0 Å². The third-order valence-corrected chi connectivity index (χ3v) is 6.70. The summed E-state index contributed by atoms with van der Waals surface area (Å²) < 4.78 is 32.5. The fourth-order valence-electron chi connectivity index (χ4n) is 4.64. The van der Waals surface area contributed by atoms with E-state index in [0.29, 0.717) is 65.9 Å². The van der Waals surface area contributed by atoms with Crippen LogP contribution < -0.4 is 10.6 Å². The molecule has 0 heterocycles. The van der Waals surface area contributed by atoms with E-state index in [0.717, 1.165) is 5.56 Å². The minimum Gasteiger partial charge on any atom is -0.449 e. The summed E-state index contributed by atoms with van der Waals surface area (Å²) >= 11 is 0. The van der Waals surface area contributed by atoms with Crippen LogP contribution in [0, 0.1) is 0 Å². The van der Waals surface area contributed by atoms with Crippen LogP contribution in [0.15, 0.2) is 78.9 Å². The van der Waals surface area contributed by atoms with Crippen LogP contribution in [0.25, 0.3) is 11.1 Å². The van der Waals surface area contributed by atoms with Crippen molar-refractivity contribution >= 4 is 12.2 Å². The third kappa shape index (κ3) is 11.0. The van der Waals surface area contributed by atoms with E-state index in [2.05, 4.69) is 34.9 Å². The number of alkyl carbamates (subject to hydrolysis) is 2. The minimum atomic E-state index is -0.475. The van der Waals surface area contributed by atoms with Crippen molar-refractivity contribution in [2.24, 2.45) is 0 Å². The summed E-state index contributed by atoms with van der Waals surface area (Å²) in [4.78, 5) is 23.8. The zero-order chi connectivity index (χ0) is 30.0. The van der Waals surface area contributed by atoms with Crippen LogP contribution in [0.1, 0.15) is 22.6 Å². The van der Waals surface area contributed by atoms with Gasteiger partial charge in [0.25, 0.3) is 0 Å². The second kappa shape index (κ2) is 18.6. The fourth-order valence-corrected chi connectivity index (χ4v) is 4.64. The lowest BCUT2D eigenvalue weighted by atomic mass is 9.98. The Morgan fingerprint density at radius 1 is 0.535 bits per heavy atom. The van der Waals surface area contributed by atoms with Gasteiger partial charge in [-0.25, -0.2) is 9.59 Å². The van der Waals surface area contributed by atoms with E-state index in [9.17, 15) is 9.59 Å². The standard InChI is InChI=1S/C33H40N2O8/c36-32(42-24-26-8-2-1-3-9-26)34-14-16-38-18-20-40-22-23-41-21-19-39-17-15-35-33(37)43-25-31-29-12-6-4-10-27(29)28-11-5-7-13-30(28)31/h1-13,31H,14-25H2,(H,34,36)(H,35,37). The zero-order valence-corrected chi connectivity index (χ0v) is 24.3. The molecule has 10 heteroatoms. The van der Waals surface area contributed by atoms with Crippen molar-refractivity contribution < 1.29 is 38.0 Å². The molecule has 0 saturated heterocycles. The molecular weight excluding hydrogens is 552 g/mol. The van der Waals surface area contributed by atoms with Gasteiger partial charge in [0.05, 0.1) is 52.9 Å². The molecule has 3 aromatic carbocycles. The van der Waals surface area contributed by atoms with Crippen molar-refractivity contribution in [2.75, 3.05) is 72.6 Å². The summed E-state index contributed by atoms with van der Waals surface area (Å²) in [6.45, 7) is 4.53. The van der Waals surface area contributed by atoms with E-state index >= 15 is 0 Å². The van der Waals surface area contributed by atoms with Gasteiger partial charge < -0.3 is 39.1 Å². The number of ether oxygens (including phenoxy) is 6. The maximum absolute atomic E-state index is 12.2. The SMILES string of the molecule is O=C(NCCOCCOCCOCCOCCNC(=O)OCC1c2ccccc2-c2ccccc21)OCc1ccccc1. The first-order valence-electron chi connectivity index (χ1n) is 14.6. The average Bonchev–Trinajstić information content (AvgIpc) is 3.36. The Balaban J connectivity index is 0.901. The number of benzene rings is 3. The van der Waals surface area contributed by atoms with Gasteiger partial charge in [-0.2, -0.15) is 0 Å². The van der Waals surface area contributed by atoms with Crippen LogP contribution in [0.5, 0.6) is 0 Å². The second-order valence-corrected chi connectivity index (χ2v) is 9.69. The highest BCUT2D eigenvalue weighted by molar-refractivity contribution is 5.79. The van der Waals surface area contributed by atoms with E-state index in [1.165, 1.54) is 22.3 Å². The zero-order valence-electron chi connectivity index (χ0n) is 24.3. The molecule has 0 unspecified atom stereocenters. The molecule has 2 amide bonds. The van der Waals surface area contributed by atoms with E-state index in [4.69, 9.17) is 28.4 Å². The largest absolute Gasteiger partial charge is 0.449 e. The summed E-state index contributed by atoms with van der Waals surface area (Å²) in [5.74, 6) is 0.0355. The average molecular weight is 593 g/mol. The Labute approximate surface area is 252 Å². The summed E-state index contributed by atoms with van der Waals surface area (Å²) in [7, 11) is 0. The maximum Gasteiger partial charge on any atom is 0.407 e. The number of amides is 2. The molecule has 1 aliphatic carbocycles. The Morgan fingerprint density at radius 2 is 0.977 bits per heavy atom. The first-order chi connectivity index (χ1) is 21.2. The normalized spacial score (nSPS) is 11.9. The molecule has 1 aliphatic rings. The molecule has 230 valence electrons. The highest BCUT2D eigenvalue weighted by atomic mass is 16.6. The van der Waals surface area contributed by atoms with Crippen LogP contribution in [0.2, 0.25) is 0 Å². The fraction of sp³-hybridized carbons (Fsp3) is 0.394. The number of nitrogens with one attached hydrogen (secondary N) is 2. The molecule has 0 atom stereocenters. The summed E-state index contributed by atoms with van der Waals surface area (Å²) in [6, 6.07) is 26.0. The van der Waals surface area contributed by atoms with E-state index in [1.54, 1.807) is 0 Å². The smallest absolute Gasteiger partial charge is 0.407 e. The van der Waals surface area contributed by atoms with Crippen LogP contribution in [-0.4, -0.2) is 84.7 Å². The van der Waals surface area contributed by atoms with Crippen molar-refractivity contribution in [3.05, 3.63) is 95.6 Å². The van der Waals surface area contributed by atoms with Gasteiger partial charge in [0, 0.05) is 19.0 Å². The van der Waals surface area contributed by atoms with Gasteiger partial charge in [-0.05, 0) is 27.8 Å². The third-order valence-electron chi connectivity index (χ3n) is 6.70. The van der Waals surface area contributed by atoms with Crippen molar-refractivity contribution in [3.63, 3.8) is 0 Å². The number of hydrogen-bond donors (Lipinski definition) is 2. The molecule has 0 fully saturated rings. The monoisotopic (exact) mass is 592 g/mol. The molecule has 0 aliphatic heterocycles. The van der Waals surface area contributed by atoms with Gasteiger partial charge >= 0.3 is 12.2 Å². The van der Waals surface area contributed by atoms with Gasteiger partial charge in [-0.15, -0.1) is 0 Å². The molecule has 0 aromatic heterocycles. The Kier molecular flexibility index (Phi) is 13.8. The van der Waals surface area contributed by atoms with Gasteiger partial charge in [-0.1, -0.05) is 78.9 Å². The topological polar surface area (TPSA) is 114 Å². The lowest BCUT2D eigenvalue weighted by molar-refractivity contribution is -0.00113. The molecule has 0 radical (unpaired) electrons. The van der Waals surface area contributed by atoms with Crippen LogP contribution >= 0.6 is 0 Å². The second-order valence-electron chi connectivity index (χ2n) is 9.69. The van der Waals surface area contributed by atoms with E-state index in [-0.39, 0.29) is 19.1 Å². The first-order valence-corrected chi connectivity index (χ1v) is 14.6. The molecule has 43 heavy (non-hydrogen) atoms. The molecule has 0 saturated carbocycles. The lowest BCUT2D eigenvalue weighted by Crippen LogP contribution is -2.29. The number of carbonyl (C=O) groups is 2. The van der Waals surface area contributed by atoms with Crippen molar-refractivity contribution in [3.8, 4) is 11.1 Å². The first kappa shape index (κ1) is 32.0. The molecule has 3 aromatic rings. The van der Waals surface area contributed by atoms with E-state index in [1.807, 2.05) is 54.6 Å². The quantitative estimate of drug-likeness (QED) is 0.196. The molecule has 0 spiro atoms. The van der Waals surface area contributed by atoms with Gasteiger partial charge in [0.2, 0.25) is 0 Å². The summed E-state index contributed by atoms with van der Waals surface area (Å²) in [6.07, 6.45) is -0.933. The summed E-state index contributed by atoms with van der Waals surface area (Å²) in [5.41, 5.74) is 5.69. The van der Waals surface area contributed by atoms with Crippen LogP contribution in [-0.2, 0) is 35.0 Å². The molecule has 0 bridgehead atoms. The van der Waals surface area contributed by atoms with Crippen molar-refractivity contribution in [2.45, 2.75) is 12.5 Å². The van der Waals surface area contributed by atoms with Gasteiger partial charge in [-0.3, -0.25) is 0 Å². The van der Waals surface area contributed by atoms with Crippen molar-refractivity contribution in [1.82, 2.24) is 10.6 Å². The molecule has 2 N–H and O–H groups in total. The predicted octanol–water partition coefficient (Wildman–Crippen LogP) is 4.52. The van der Waals surface area contributed by atoms with Crippen LogP contribution in [0.4, 0.5) is 9.59 Å². The highest BCUT2D eigenvalue weighted by Crippen LogP contribution is 2.44. The van der Waals surface area contributed by atoms with Crippen molar-refractivity contribution in [1.29, 1.82) is 0 Å². The molecule has 10 nitrogen and oxygen atoms in total. The maximum atomic E-state index is 12.2. The summed E-state index contributed by atoms with van der Waals surface area (Å²) in [5, 5.41) is 5.37.